The Bertz CT molecular complexity index is 1080. The number of aryl methyl sites for hydroxylation is 1. The summed E-state index contributed by atoms with van der Waals surface area (Å²) in [5.74, 6) is 0.939. The van der Waals surface area contributed by atoms with Crippen molar-refractivity contribution in [2.75, 3.05) is 31.2 Å². The topological polar surface area (TPSA) is 110 Å². The smallest absolute Gasteiger partial charge is 0.217 e. The number of nitrogens with one attached hydrogen (secondary N) is 1. The number of fused-ring (bicyclic) bond motifs is 1. The molecule has 1 aliphatic rings. The summed E-state index contributed by atoms with van der Waals surface area (Å²) in [7, 11) is -3.63. The van der Waals surface area contributed by atoms with Crippen molar-refractivity contribution in [3.8, 4) is 0 Å². The van der Waals surface area contributed by atoms with Gasteiger partial charge in [0.15, 0.2) is 5.58 Å². The molecule has 0 spiro atoms. The van der Waals surface area contributed by atoms with E-state index in [1.165, 1.54) is 0 Å². The van der Waals surface area contributed by atoms with E-state index in [-0.39, 0.29) is 12.3 Å². The third-order valence-electron chi connectivity index (χ3n) is 4.45. The highest BCUT2D eigenvalue weighted by Gasteiger charge is 2.19. The molecule has 0 aliphatic carbocycles. The van der Waals surface area contributed by atoms with Crippen LogP contribution in [0.25, 0.3) is 11.0 Å². The molecule has 0 radical (unpaired) electrons. The maximum atomic E-state index is 12.5. The first-order valence-electron chi connectivity index (χ1n) is 8.98. The van der Waals surface area contributed by atoms with Gasteiger partial charge in [0, 0.05) is 30.2 Å². The van der Waals surface area contributed by atoms with Crippen molar-refractivity contribution in [3.05, 3.63) is 47.5 Å². The Morgan fingerprint density at radius 1 is 1.18 bits per heavy atom. The van der Waals surface area contributed by atoms with Gasteiger partial charge in [-0.25, -0.2) is 23.1 Å². The highest BCUT2D eigenvalue weighted by atomic mass is 32.2. The summed E-state index contributed by atoms with van der Waals surface area (Å²) in [6.07, 6.45) is 0. The predicted molar refractivity (Wildman–Crippen MR) is 103 cm³/mol. The summed E-state index contributed by atoms with van der Waals surface area (Å²) in [4.78, 5) is 11.0. The van der Waals surface area contributed by atoms with Crippen LogP contribution in [0.5, 0.6) is 0 Å². The molecular formula is C18H21N5O4S. The van der Waals surface area contributed by atoms with Crippen LogP contribution >= 0.6 is 0 Å². The maximum Gasteiger partial charge on any atom is 0.217 e. The van der Waals surface area contributed by atoms with Crippen LogP contribution in [-0.2, 0) is 27.1 Å². The monoisotopic (exact) mass is 403 g/mol. The minimum absolute atomic E-state index is 0.0110. The van der Waals surface area contributed by atoms with Crippen LogP contribution in [-0.4, -0.2) is 49.8 Å². The third-order valence-corrected chi connectivity index (χ3v) is 5.69. The van der Waals surface area contributed by atoms with Gasteiger partial charge in [-0.15, -0.1) is 0 Å². The van der Waals surface area contributed by atoms with E-state index in [0.717, 1.165) is 24.6 Å². The van der Waals surface area contributed by atoms with Crippen LogP contribution in [0.15, 0.2) is 34.9 Å². The number of sulfonamides is 1. The van der Waals surface area contributed by atoms with E-state index in [1.54, 1.807) is 12.1 Å². The number of para-hydroxylation sites is 1. The molecule has 2 aromatic heterocycles. The van der Waals surface area contributed by atoms with Crippen molar-refractivity contribution in [1.29, 1.82) is 0 Å². The fourth-order valence-corrected chi connectivity index (χ4v) is 4.11. The van der Waals surface area contributed by atoms with Crippen molar-refractivity contribution in [3.63, 3.8) is 0 Å². The summed E-state index contributed by atoms with van der Waals surface area (Å²) < 4.78 is 38.1. The summed E-state index contributed by atoms with van der Waals surface area (Å²) in [6.45, 7) is 4.68. The number of hydrogen-bond donors (Lipinski definition) is 1. The van der Waals surface area contributed by atoms with Gasteiger partial charge in [0.1, 0.15) is 23.1 Å². The fraction of sp³-hybridized carbons (Fsp3) is 0.389. The van der Waals surface area contributed by atoms with E-state index in [9.17, 15) is 8.42 Å². The van der Waals surface area contributed by atoms with Crippen LogP contribution in [0.4, 0.5) is 5.82 Å². The van der Waals surface area contributed by atoms with Crippen LogP contribution in [0, 0.1) is 6.92 Å². The molecule has 1 aromatic carbocycles. The number of ether oxygens (including phenoxy) is 1. The van der Waals surface area contributed by atoms with Crippen LogP contribution in [0.3, 0.4) is 0 Å². The lowest BCUT2D eigenvalue weighted by atomic mass is 10.2. The molecule has 1 aliphatic heterocycles. The lowest BCUT2D eigenvalue weighted by molar-refractivity contribution is 0.122. The second kappa shape index (κ2) is 7.82. The lowest BCUT2D eigenvalue weighted by Crippen LogP contribution is -2.37. The molecule has 3 heterocycles. The average Bonchev–Trinajstić information content (AvgIpc) is 3.09. The van der Waals surface area contributed by atoms with E-state index in [1.807, 2.05) is 25.1 Å². The Balaban J connectivity index is 1.46. The molecule has 28 heavy (non-hydrogen) atoms. The molecule has 0 amide bonds. The second-order valence-corrected chi connectivity index (χ2v) is 8.40. The standard InChI is InChI=1S/C18H21N5O4S/c1-13-10-18(23-6-8-26-9-7-23)21-17(20-13)11-19-28(24,25)12-15-14-4-2-3-5-16(14)27-22-15/h2-5,10,19H,6-9,11-12H2,1H3. The van der Waals surface area contributed by atoms with Gasteiger partial charge in [-0.2, -0.15) is 0 Å². The number of benzene rings is 1. The lowest BCUT2D eigenvalue weighted by Gasteiger charge is -2.28. The van der Waals surface area contributed by atoms with E-state index in [0.29, 0.717) is 35.7 Å². The average molecular weight is 403 g/mol. The highest BCUT2D eigenvalue weighted by Crippen LogP contribution is 2.19. The Morgan fingerprint density at radius 2 is 1.96 bits per heavy atom. The number of nitrogens with zero attached hydrogens (tertiary/aromatic N) is 4. The van der Waals surface area contributed by atoms with Crippen molar-refractivity contribution in [1.82, 2.24) is 19.8 Å². The Morgan fingerprint density at radius 3 is 2.79 bits per heavy atom. The largest absolute Gasteiger partial charge is 0.378 e. The molecule has 1 fully saturated rings. The zero-order valence-corrected chi connectivity index (χ0v) is 16.3. The predicted octanol–water partition coefficient (Wildman–Crippen LogP) is 1.38. The zero-order valence-electron chi connectivity index (χ0n) is 15.5. The van der Waals surface area contributed by atoms with Crippen molar-refractivity contribution >= 4 is 26.8 Å². The first-order chi connectivity index (χ1) is 13.5. The van der Waals surface area contributed by atoms with Gasteiger partial charge in [-0.1, -0.05) is 17.3 Å². The van der Waals surface area contributed by atoms with E-state index < -0.39 is 10.0 Å². The van der Waals surface area contributed by atoms with Gasteiger partial charge in [0.05, 0.1) is 19.8 Å². The molecule has 148 valence electrons. The molecule has 4 rings (SSSR count). The Hall–Kier alpha value is -2.56. The molecule has 0 unspecified atom stereocenters. The Kier molecular flexibility index (Phi) is 5.25. The van der Waals surface area contributed by atoms with Crippen LogP contribution in [0.1, 0.15) is 17.2 Å². The molecule has 1 N–H and O–H groups in total. The molecule has 3 aromatic rings. The summed E-state index contributed by atoms with van der Waals surface area (Å²) in [5.41, 5.74) is 1.72. The quantitative estimate of drug-likeness (QED) is 0.657. The van der Waals surface area contributed by atoms with Gasteiger partial charge >= 0.3 is 0 Å². The van der Waals surface area contributed by atoms with Crippen LogP contribution < -0.4 is 9.62 Å². The minimum Gasteiger partial charge on any atom is -0.378 e. The highest BCUT2D eigenvalue weighted by molar-refractivity contribution is 7.88. The first kappa shape index (κ1) is 18.8. The number of morpholine rings is 1. The summed E-state index contributed by atoms with van der Waals surface area (Å²) in [5, 5.41) is 4.57. The Labute approximate surface area is 162 Å². The van der Waals surface area contributed by atoms with Gasteiger partial charge in [0.25, 0.3) is 0 Å². The fourth-order valence-electron chi connectivity index (χ4n) is 3.09. The van der Waals surface area contributed by atoms with Gasteiger partial charge in [-0.3, -0.25) is 0 Å². The number of anilines is 1. The maximum absolute atomic E-state index is 12.5. The zero-order chi connectivity index (χ0) is 19.6. The number of hydrogen-bond acceptors (Lipinski definition) is 8. The molecule has 9 nitrogen and oxygen atoms in total. The van der Waals surface area contributed by atoms with Gasteiger partial charge in [0.2, 0.25) is 10.0 Å². The van der Waals surface area contributed by atoms with E-state index in [2.05, 4.69) is 24.7 Å². The minimum atomic E-state index is -3.63. The summed E-state index contributed by atoms with van der Waals surface area (Å²) in [6, 6.07) is 9.06. The first-order valence-corrected chi connectivity index (χ1v) is 10.6. The third kappa shape index (κ3) is 4.29. The number of aromatic nitrogens is 3. The molecule has 0 atom stereocenters. The normalized spacial score (nSPS) is 15.2. The SMILES string of the molecule is Cc1cc(N2CCOCC2)nc(CNS(=O)(=O)Cc2noc3ccccc23)n1. The molecule has 0 saturated carbocycles. The summed E-state index contributed by atoms with van der Waals surface area (Å²) >= 11 is 0. The van der Waals surface area contributed by atoms with Gasteiger partial charge < -0.3 is 14.2 Å². The van der Waals surface area contributed by atoms with E-state index in [4.69, 9.17) is 9.26 Å². The van der Waals surface area contributed by atoms with Crippen molar-refractivity contribution < 1.29 is 17.7 Å². The van der Waals surface area contributed by atoms with Crippen molar-refractivity contribution in [2.24, 2.45) is 0 Å². The van der Waals surface area contributed by atoms with E-state index >= 15 is 0 Å². The molecular weight excluding hydrogens is 382 g/mol. The molecule has 10 heteroatoms. The van der Waals surface area contributed by atoms with Crippen LogP contribution in [0.2, 0.25) is 0 Å². The van der Waals surface area contributed by atoms with Gasteiger partial charge in [-0.05, 0) is 19.1 Å². The molecule has 0 bridgehead atoms. The second-order valence-electron chi connectivity index (χ2n) is 6.59. The molecule has 1 saturated heterocycles. The number of rotatable bonds is 6. The van der Waals surface area contributed by atoms with Crippen molar-refractivity contribution in [2.45, 2.75) is 19.2 Å².